The zero-order valence-corrected chi connectivity index (χ0v) is 20.4. The van der Waals surface area contributed by atoms with Crippen molar-refractivity contribution in [1.82, 2.24) is 4.31 Å². The number of hydrogen-bond acceptors (Lipinski definition) is 5. The number of ketones is 1. The van der Waals surface area contributed by atoms with Crippen LogP contribution in [0.25, 0.3) is 11.0 Å². The summed E-state index contributed by atoms with van der Waals surface area (Å²) >= 11 is 0. The van der Waals surface area contributed by atoms with Crippen LogP contribution in [0.15, 0.2) is 88.4 Å². The Hall–Kier alpha value is -3.49. The zero-order chi connectivity index (χ0) is 25.1. The highest BCUT2D eigenvalue weighted by molar-refractivity contribution is 7.89. The highest BCUT2D eigenvalue weighted by atomic mass is 32.2. The van der Waals surface area contributed by atoms with Crippen molar-refractivity contribution in [2.75, 3.05) is 6.54 Å². The van der Waals surface area contributed by atoms with Crippen molar-refractivity contribution in [2.24, 2.45) is 0 Å². The zero-order valence-electron chi connectivity index (χ0n) is 19.6. The summed E-state index contributed by atoms with van der Waals surface area (Å²) in [5.41, 5.74) is 2.29. The second-order valence-electron chi connectivity index (χ2n) is 8.91. The number of nitrogens with zero attached hydrogens (tertiary/aromatic N) is 1. The molecule has 0 spiro atoms. The quantitative estimate of drug-likeness (QED) is 0.299. The van der Waals surface area contributed by atoms with Crippen molar-refractivity contribution in [1.29, 1.82) is 0 Å². The van der Waals surface area contributed by atoms with Crippen LogP contribution >= 0.6 is 0 Å². The van der Waals surface area contributed by atoms with Gasteiger partial charge in [-0.15, -0.1) is 0 Å². The van der Waals surface area contributed by atoms with Crippen LogP contribution in [0.4, 0.5) is 4.39 Å². The van der Waals surface area contributed by atoms with E-state index in [1.807, 2.05) is 54.6 Å². The summed E-state index contributed by atoms with van der Waals surface area (Å²) in [4.78, 5) is 13.1. The number of carbonyl (C=O) groups is 1. The van der Waals surface area contributed by atoms with E-state index in [9.17, 15) is 17.6 Å². The molecular formula is C28H26FNO5S. The van der Waals surface area contributed by atoms with E-state index < -0.39 is 21.9 Å². The summed E-state index contributed by atoms with van der Waals surface area (Å²) in [7, 11) is -4.03. The van der Waals surface area contributed by atoms with Gasteiger partial charge >= 0.3 is 0 Å². The van der Waals surface area contributed by atoms with Gasteiger partial charge < -0.3 is 9.15 Å². The van der Waals surface area contributed by atoms with E-state index in [1.54, 1.807) is 0 Å². The lowest BCUT2D eigenvalue weighted by Gasteiger charge is -2.21. The highest BCUT2D eigenvalue weighted by Gasteiger charge is 2.40. The van der Waals surface area contributed by atoms with E-state index in [-0.39, 0.29) is 29.4 Å². The van der Waals surface area contributed by atoms with Crippen molar-refractivity contribution in [3.8, 4) is 5.75 Å². The Balaban J connectivity index is 1.24. The Morgan fingerprint density at radius 1 is 1.00 bits per heavy atom. The minimum absolute atomic E-state index is 0.131. The maximum Gasteiger partial charge on any atom is 0.277 e. The molecule has 0 radical (unpaired) electrons. The normalized spacial score (nSPS) is 16.4. The Morgan fingerprint density at radius 3 is 2.64 bits per heavy atom. The molecule has 1 fully saturated rings. The molecule has 1 aliphatic rings. The third-order valence-corrected chi connectivity index (χ3v) is 8.17. The molecule has 0 unspecified atom stereocenters. The molecule has 1 aliphatic heterocycles. The second kappa shape index (κ2) is 10.2. The molecule has 1 saturated heterocycles. The van der Waals surface area contributed by atoms with Gasteiger partial charge in [0, 0.05) is 24.4 Å². The molecule has 6 nitrogen and oxygen atoms in total. The van der Waals surface area contributed by atoms with Crippen LogP contribution < -0.4 is 4.74 Å². The van der Waals surface area contributed by atoms with Gasteiger partial charge in [-0.2, -0.15) is 4.31 Å². The van der Waals surface area contributed by atoms with Crippen LogP contribution in [-0.2, 0) is 27.8 Å². The molecule has 0 saturated carbocycles. The topological polar surface area (TPSA) is 76.8 Å². The lowest BCUT2D eigenvalue weighted by atomic mass is 10.0. The standard InChI is InChI=1S/C28H26FNO5S/c29-23-12-14-27-22(17-23)18-28(35-27)36(32,33)30-15-5-10-25(30)26(31)13-11-20-8-4-9-24(16-20)34-19-21-6-2-1-3-7-21/h1-4,6-9,12,14,16-18,25H,5,10-11,13,15,19H2/t25-/m0/s1. The molecule has 0 aliphatic carbocycles. The van der Waals surface area contributed by atoms with Crippen LogP contribution in [0.2, 0.25) is 0 Å². The van der Waals surface area contributed by atoms with Crippen molar-refractivity contribution in [3.63, 3.8) is 0 Å². The molecule has 186 valence electrons. The first-order valence-corrected chi connectivity index (χ1v) is 13.3. The summed E-state index contributed by atoms with van der Waals surface area (Å²) in [6, 6.07) is 21.9. The Kier molecular flexibility index (Phi) is 6.89. The van der Waals surface area contributed by atoms with Gasteiger partial charge in [0.2, 0.25) is 5.09 Å². The first kappa shape index (κ1) is 24.2. The maximum atomic E-state index is 13.5. The third-order valence-electron chi connectivity index (χ3n) is 6.40. The van der Waals surface area contributed by atoms with E-state index in [0.717, 1.165) is 16.9 Å². The van der Waals surface area contributed by atoms with Crippen LogP contribution in [0, 0.1) is 5.82 Å². The van der Waals surface area contributed by atoms with Gasteiger partial charge in [-0.3, -0.25) is 4.79 Å². The van der Waals surface area contributed by atoms with Crippen molar-refractivity contribution < 1.29 is 26.8 Å². The third kappa shape index (κ3) is 5.20. The van der Waals surface area contributed by atoms with Crippen LogP contribution in [0.1, 0.15) is 30.4 Å². The molecule has 0 N–H and O–H groups in total. The molecule has 1 aromatic heterocycles. The van der Waals surface area contributed by atoms with E-state index in [2.05, 4.69) is 0 Å². The molecule has 36 heavy (non-hydrogen) atoms. The smallest absolute Gasteiger partial charge is 0.277 e. The maximum absolute atomic E-state index is 13.5. The van der Waals surface area contributed by atoms with Gasteiger partial charge in [0.15, 0.2) is 5.78 Å². The fraction of sp³-hybridized carbons (Fsp3) is 0.250. The first-order chi connectivity index (χ1) is 17.4. The molecule has 0 amide bonds. The van der Waals surface area contributed by atoms with Crippen molar-refractivity contribution >= 4 is 26.8 Å². The van der Waals surface area contributed by atoms with Gasteiger partial charge in [-0.25, -0.2) is 12.8 Å². The minimum atomic E-state index is -4.03. The van der Waals surface area contributed by atoms with Gasteiger partial charge in [0.05, 0.1) is 6.04 Å². The molecule has 3 aromatic carbocycles. The summed E-state index contributed by atoms with van der Waals surface area (Å²) in [6.45, 7) is 0.694. The molecule has 4 aromatic rings. The molecule has 8 heteroatoms. The lowest BCUT2D eigenvalue weighted by molar-refractivity contribution is -0.122. The van der Waals surface area contributed by atoms with Gasteiger partial charge in [0.1, 0.15) is 23.8 Å². The van der Waals surface area contributed by atoms with Crippen LogP contribution in [-0.4, -0.2) is 31.1 Å². The number of ether oxygens (including phenoxy) is 1. The van der Waals surface area contributed by atoms with Crippen LogP contribution in [0.5, 0.6) is 5.75 Å². The van der Waals surface area contributed by atoms with E-state index in [1.165, 1.54) is 28.6 Å². The molecular weight excluding hydrogens is 481 g/mol. The van der Waals surface area contributed by atoms with Crippen LogP contribution in [0.3, 0.4) is 0 Å². The fourth-order valence-electron chi connectivity index (χ4n) is 4.55. The molecule has 1 atom stereocenters. The Labute approximate surface area is 209 Å². The van der Waals surface area contributed by atoms with Crippen molar-refractivity contribution in [2.45, 2.75) is 43.4 Å². The lowest BCUT2D eigenvalue weighted by Crippen LogP contribution is -2.40. The Bertz CT molecular complexity index is 1480. The van der Waals surface area contributed by atoms with Gasteiger partial charge in [-0.1, -0.05) is 42.5 Å². The predicted molar refractivity (Wildman–Crippen MR) is 134 cm³/mol. The number of hydrogen-bond donors (Lipinski definition) is 0. The SMILES string of the molecule is O=C(CCc1cccc(OCc2ccccc2)c1)[C@@H]1CCCN1S(=O)(=O)c1cc2cc(F)ccc2o1. The number of Topliss-reactive ketones (excluding diaryl/α,β-unsaturated/α-hetero) is 1. The number of aryl methyl sites for hydroxylation is 1. The number of furan rings is 1. The Morgan fingerprint density at radius 2 is 1.81 bits per heavy atom. The summed E-state index contributed by atoms with van der Waals surface area (Å²) < 4.78 is 52.7. The van der Waals surface area contributed by atoms with E-state index in [0.29, 0.717) is 31.3 Å². The average Bonchev–Trinajstić information content (AvgIpc) is 3.55. The van der Waals surface area contributed by atoms with E-state index in [4.69, 9.17) is 9.15 Å². The minimum Gasteiger partial charge on any atom is -0.489 e. The fourth-order valence-corrected chi connectivity index (χ4v) is 6.18. The molecule has 2 heterocycles. The number of halogens is 1. The largest absolute Gasteiger partial charge is 0.489 e. The first-order valence-electron chi connectivity index (χ1n) is 11.9. The van der Waals surface area contributed by atoms with Gasteiger partial charge in [-0.05, 0) is 60.7 Å². The highest BCUT2D eigenvalue weighted by Crippen LogP contribution is 2.31. The number of carbonyl (C=O) groups excluding carboxylic acids is 1. The summed E-state index contributed by atoms with van der Waals surface area (Å²) in [6.07, 6.45) is 1.75. The number of rotatable bonds is 9. The number of benzene rings is 3. The monoisotopic (exact) mass is 507 g/mol. The number of fused-ring (bicyclic) bond motifs is 1. The average molecular weight is 508 g/mol. The molecule has 0 bridgehead atoms. The van der Waals surface area contributed by atoms with Gasteiger partial charge in [0.25, 0.3) is 10.0 Å². The van der Waals surface area contributed by atoms with E-state index >= 15 is 0 Å². The second-order valence-corrected chi connectivity index (χ2v) is 10.7. The summed E-state index contributed by atoms with van der Waals surface area (Å²) in [5, 5.41) is 0.0936. The summed E-state index contributed by atoms with van der Waals surface area (Å²) in [5.74, 6) is 0.111. The molecule has 5 rings (SSSR count). The van der Waals surface area contributed by atoms with Crippen molar-refractivity contribution in [3.05, 3.63) is 95.8 Å². The predicted octanol–water partition coefficient (Wildman–Crippen LogP) is 5.51. The number of sulfonamides is 1.